The Morgan fingerprint density at radius 2 is 1.35 bits per heavy atom. The summed E-state index contributed by atoms with van der Waals surface area (Å²) in [6.07, 6.45) is 0. The largest absolute Gasteiger partial charge is 0.298 e. The zero-order valence-electron chi connectivity index (χ0n) is 23.0. The van der Waals surface area contributed by atoms with Crippen molar-refractivity contribution in [2.75, 3.05) is 18.4 Å². The highest BCUT2D eigenvalue weighted by Gasteiger charge is 2.26. The van der Waals surface area contributed by atoms with Crippen LogP contribution in [0.1, 0.15) is 53.3 Å². The molecule has 1 aromatic heterocycles. The summed E-state index contributed by atoms with van der Waals surface area (Å²) in [7, 11) is -3.71. The number of carbonyl (C=O) groups is 2. The van der Waals surface area contributed by atoms with Crippen molar-refractivity contribution in [3.05, 3.63) is 101 Å². The van der Waals surface area contributed by atoms with Gasteiger partial charge in [0, 0.05) is 29.8 Å². The van der Waals surface area contributed by atoms with Crippen LogP contribution in [0.2, 0.25) is 0 Å². The van der Waals surface area contributed by atoms with Crippen LogP contribution in [0.5, 0.6) is 0 Å². The van der Waals surface area contributed by atoms with E-state index in [0.717, 1.165) is 16.9 Å². The Hall–Kier alpha value is -3.66. The van der Waals surface area contributed by atoms with Gasteiger partial charge in [-0.2, -0.15) is 4.31 Å². The number of benzene rings is 3. The Kier molecular flexibility index (Phi) is 9.29. The maximum Gasteiger partial charge on any atom is 0.257 e. The number of ketones is 1. The number of nitrogens with zero attached hydrogens (tertiary/aromatic N) is 2. The van der Waals surface area contributed by atoms with E-state index in [1.807, 2.05) is 64.1 Å². The molecule has 0 radical (unpaired) electrons. The Bertz CT molecular complexity index is 1550. The Morgan fingerprint density at radius 3 is 1.90 bits per heavy atom. The van der Waals surface area contributed by atoms with E-state index in [0.29, 0.717) is 29.2 Å². The first-order valence-corrected chi connectivity index (χ1v) is 15.4. The Labute approximate surface area is 240 Å². The van der Waals surface area contributed by atoms with Gasteiger partial charge in [0.25, 0.3) is 5.91 Å². The summed E-state index contributed by atoms with van der Waals surface area (Å²) in [5, 5.41) is 3.06. The number of anilines is 1. The van der Waals surface area contributed by atoms with Gasteiger partial charge in [-0.15, -0.1) is 0 Å². The van der Waals surface area contributed by atoms with Gasteiger partial charge in [-0.1, -0.05) is 99.7 Å². The van der Waals surface area contributed by atoms with Gasteiger partial charge in [0.2, 0.25) is 15.8 Å². The van der Waals surface area contributed by atoms with Gasteiger partial charge in [0.15, 0.2) is 5.13 Å². The molecule has 0 fully saturated rings. The normalized spacial score (nSPS) is 11.8. The second-order valence-electron chi connectivity index (χ2n) is 10.3. The minimum absolute atomic E-state index is 0.140. The molecule has 0 unspecified atom stereocenters. The average Bonchev–Trinajstić information content (AvgIpc) is 3.36. The smallest absolute Gasteiger partial charge is 0.257 e. The fraction of sp³-hybridized carbons (Fsp3) is 0.258. The van der Waals surface area contributed by atoms with Gasteiger partial charge in [-0.3, -0.25) is 14.9 Å². The first-order valence-electron chi connectivity index (χ1n) is 13.1. The number of rotatable bonds is 11. The fourth-order valence-corrected chi connectivity index (χ4v) is 6.93. The van der Waals surface area contributed by atoms with Crippen molar-refractivity contribution < 1.29 is 18.0 Å². The third-order valence-electron chi connectivity index (χ3n) is 6.03. The van der Waals surface area contributed by atoms with Crippen molar-refractivity contribution in [3.8, 4) is 11.3 Å². The summed E-state index contributed by atoms with van der Waals surface area (Å²) in [5.74, 6) is -0.274. The molecule has 1 amide bonds. The van der Waals surface area contributed by atoms with Crippen molar-refractivity contribution in [1.82, 2.24) is 9.29 Å². The van der Waals surface area contributed by atoms with E-state index < -0.39 is 15.9 Å². The molecule has 0 atom stereocenters. The summed E-state index contributed by atoms with van der Waals surface area (Å²) in [5.41, 5.74) is 2.07. The summed E-state index contributed by atoms with van der Waals surface area (Å²) < 4.78 is 28.1. The molecule has 0 aliphatic rings. The summed E-state index contributed by atoms with van der Waals surface area (Å²) in [6, 6.07) is 24.2. The van der Waals surface area contributed by atoms with Crippen molar-refractivity contribution in [1.29, 1.82) is 0 Å². The van der Waals surface area contributed by atoms with E-state index in [1.165, 1.54) is 28.6 Å². The Morgan fingerprint density at radius 1 is 0.800 bits per heavy atom. The van der Waals surface area contributed by atoms with Crippen LogP contribution in [-0.4, -0.2) is 42.5 Å². The van der Waals surface area contributed by atoms with Crippen molar-refractivity contribution >= 4 is 38.2 Å². The predicted molar refractivity (Wildman–Crippen MR) is 160 cm³/mol. The first kappa shape index (κ1) is 29.3. The third kappa shape index (κ3) is 6.91. The van der Waals surface area contributed by atoms with Crippen LogP contribution in [0, 0.1) is 11.8 Å². The molecule has 0 aliphatic carbocycles. The molecule has 208 valence electrons. The topological polar surface area (TPSA) is 96.4 Å². The number of thiazole rings is 1. The van der Waals surface area contributed by atoms with E-state index in [9.17, 15) is 18.0 Å². The van der Waals surface area contributed by atoms with Gasteiger partial charge in [-0.25, -0.2) is 13.4 Å². The SMILES string of the molecule is CC(C)CN(CC(C)C)S(=O)(=O)c1ccc(C(=O)Nc2nc(-c3ccccc3)c(C(=O)c3ccccc3)s2)cc1. The van der Waals surface area contributed by atoms with Crippen molar-refractivity contribution in [3.63, 3.8) is 0 Å². The number of nitrogens with one attached hydrogen (secondary N) is 1. The van der Waals surface area contributed by atoms with Crippen LogP contribution >= 0.6 is 11.3 Å². The highest BCUT2D eigenvalue weighted by molar-refractivity contribution is 7.89. The number of aromatic nitrogens is 1. The van der Waals surface area contributed by atoms with E-state index in [1.54, 1.807) is 24.3 Å². The number of carbonyl (C=O) groups excluding carboxylic acids is 2. The molecule has 0 spiro atoms. The molecular formula is C31H33N3O4S2. The minimum Gasteiger partial charge on any atom is -0.298 e. The quantitative estimate of drug-likeness (QED) is 0.203. The van der Waals surface area contributed by atoms with Crippen LogP contribution in [0.4, 0.5) is 5.13 Å². The van der Waals surface area contributed by atoms with Gasteiger partial charge >= 0.3 is 0 Å². The first-order chi connectivity index (χ1) is 19.1. The third-order valence-corrected chi connectivity index (χ3v) is 8.84. The zero-order valence-corrected chi connectivity index (χ0v) is 24.6. The molecule has 1 N–H and O–H groups in total. The molecular weight excluding hydrogens is 542 g/mol. The second kappa shape index (κ2) is 12.7. The fourth-order valence-electron chi connectivity index (χ4n) is 4.22. The maximum atomic E-state index is 13.3. The lowest BCUT2D eigenvalue weighted by Crippen LogP contribution is -2.37. The van der Waals surface area contributed by atoms with Crippen LogP contribution < -0.4 is 5.32 Å². The van der Waals surface area contributed by atoms with E-state index in [2.05, 4.69) is 10.3 Å². The maximum absolute atomic E-state index is 13.3. The molecule has 40 heavy (non-hydrogen) atoms. The van der Waals surface area contributed by atoms with Crippen LogP contribution in [0.15, 0.2) is 89.8 Å². The molecule has 1 heterocycles. The van der Waals surface area contributed by atoms with Crippen molar-refractivity contribution in [2.45, 2.75) is 32.6 Å². The number of hydrogen-bond donors (Lipinski definition) is 1. The highest BCUT2D eigenvalue weighted by Crippen LogP contribution is 2.33. The van der Waals surface area contributed by atoms with Crippen molar-refractivity contribution in [2.24, 2.45) is 11.8 Å². The molecule has 0 aliphatic heterocycles. The lowest BCUT2D eigenvalue weighted by atomic mass is 10.1. The number of amides is 1. The summed E-state index contributed by atoms with van der Waals surface area (Å²) in [6.45, 7) is 8.77. The predicted octanol–water partition coefficient (Wildman–Crippen LogP) is 6.60. The van der Waals surface area contributed by atoms with E-state index >= 15 is 0 Å². The summed E-state index contributed by atoms with van der Waals surface area (Å²) in [4.78, 5) is 31.6. The molecule has 0 bridgehead atoms. The highest BCUT2D eigenvalue weighted by atomic mass is 32.2. The second-order valence-corrected chi connectivity index (χ2v) is 13.3. The number of sulfonamides is 1. The minimum atomic E-state index is -3.71. The van der Waals surface area contributed by atoms with Gasteiger partial charge in [-0.05, 0) is 36.1 Å². The molecule has 9 heteroatoms. The van der Waals surface area contributed by atoms with Gasteiger partial charge in [0.05, 0.1) is 10.6 Å². The standard InChI is InChI=1S/C31H33N3O4S2/c1-21(2)19-34(20-22(3)4)40(37,38)26-17-15-25(16-18-26)30(36)33-31-32-27(23-11-7-5-8-12-23)29(39-31)28(35)24-13-9-6-10-14-24/h5-18,21-22H,19-20H2,1-4H3,(H,32,33,36). The molecule has 0 saturated carbocycles. The molecule has 0 saturated heterocycles. The van der Waals surface area contributed by atoms with E-state index in [-0.39, 0.29) is 33.2 Å². The molecule has 3 aromatic carbocycles. The lowest BCUT2D eigenvalue weighted by molar-refractivity contribution is 0.102. The lowest BCUT2D eigenvalue weighted by Gasteiger charge is -2.25. The summed E-state index contributed by atoms with van der Waals surface area (Å²) >= 11 is 1.11. The monoisotopic (exact) mass is 575 g/mol. The molecule has 7 nitrogen and oxygen atoms in total. The van der Waals surface area contributed by atoms with Gasteiger partial charge in [0.1, 0.15) is 4.88 Å². The average molecular weight is 576 g/mol. The van der Waals surface area contributed by atoms with Crippen LogP contribution in [0.3, 0.4) is 0 Å². The van der Waals surface area contributed by atoms with Crippen LogP contribution in [0.25, 0.3) is 11.3 Å². The molecule has 4 rings (SSSR count). The van der Waals surface area contributed by atoms with Gasteiger partial charge < -0.3 is 0 Å². The van der Waals surface area contributed by atoms with Crippen LogP contribution in [-0.2, 0) is 10.0 Å². The molecule has 4 aromatic rings. The number of hydrogen-bond acceptors (Lipinski definition) is 6. The zero-order chi connectivity index (χ0) is 28.9. The van der Waals surface area contributed by atoms with E-state index in [4.69, 9.17) is 0 Å². The Balaban J connectivity index is 1.59.